The number of hydrogen-bond donors (Lipinski definition) is 1. The zero-order valence-electron chi connectivity index (χ0n) is 10.2. The number of benzene rings is 1. The Kier molecular flexibility index (Phi) is 3.97. The Labute approximate surface area is 101 Å². The van der Waals surface area contributed by atoms with E-state index in [0.717, 1.165) is 13.0 Å². The summed E-state index contributed by atoms with van der Waals surface area (Å²) in [7, 11) is 1.92. The van der Waals surface area contributed by atoms with E-state index in [4.69, 9.17) is 9.47 Å². The van der Waals surface area contributed by atoms with Gasteiger partial charge in [0, 0.05) is 12.6 Å². The van der Waals surface area contributed by atoms with E-state index in [-0.39, 0.29) is 18.0 Å². The zero-order valence-corrected chi connectivity index (χ0v) is 10.2. The van der Waals surface area contributed by atoms with Crippen molar-refractivity contribution in [3.8, 4) is 5.75 Å². The smallest absolute Gasteiger partial charge is 0.137 e. The number of halogens is 1. The molecule has 17 heavy (non-hydrogen) atoms. The molecular formula is C13H18FNO2. The SMILES string of the molecule is CNC1CCOCC1Oc1ccc(F)c(C)c1. The van der Waals surface area contributed by atoms with Crippen LogP contribution in [0.4, 0.5) is 4.39 Å². The Morgan fingerprint density at radius 2 is 2.29 bits per heavy atom. The molecule has 0 saturated carbocycles. The number of rotatable bonds is 3. The third-order valence-corrected chi connectivity index (χ3v) is 3.09. The molecule has 3 nitrogen and oxygen atoms in total. The van der Waals surface area contributed by atoms with E-state index in [2.05, 4.69) is 5.32 Å². The molecule has 0 spiro atoms. The molecule has 0 aliphatic carbocycles. The monoisotopic (exact) mass is 239 g/mol. The van der Waals surface area contributed by atoms with Gasteiger partial charge in [-0.2, -0.15) is 0 Å². The molecule has 1 heterocycles. The summed E-state index contributed by atoms with van der Waals surface area (Å²) >= 11 is 0. The summed E-state index contributed by atoms with van der Waals surface area (Å²) in [6, 6.07) is 5.09. The second kappa shape index (κ2) is 5.47. The average Bonchev–Trinajstić information content (AvgIpc) is 2.34. The molecule has 0 amide bonds. The van der Waals surface area contributed by atoms with Gasteiger partial charge in [-0.25, -0.2) is 4.39 Å². The van der Waals surface area contributed by atoms with Crippen LogP contribution in [0.2, 0.25) is 0 Å². The molecule has 2 unspecified atom stereocenters. The second-order valence-corrected chi connectivity index (χ2v) is 4.33. The van der Waals surface area contributed by atoms with Gasteiger partial charge >= 0.3 is 0 Å². The molecule has 1 fully saturated rings. The van der Waals surface area contributed by atoms with Gasteiger partial charge in [0.2, 0.25) is 0 Å². The molecule has 0 radical (unpaired) electrons. The van der Waals surface area contributed by atoms with Crippen molar-refractivity contribution >= 4 is 0 Å². The molecule has 2 atom stereocenters. The lowest BCUT2D eigenvalue weighted by Crippen LogP contribution is -2.48. The molecular weight excluding hydrogens is 221 g/mol. The molecule has 1 N–H and O–H groups in total. The van der Waals surface area contributed by atoms with Gasteiger partial charge in [0.05, 0.1) is 6.61 Å². The molecule has 1 saturated heterocycles. The molecule has 1 aromatic carbocycles. The van der Waals surface area contributed by atoms with Crippen LogP contribution in [0.25, 0.3) is 0 Å². The lowest BCUT2D eigenvalue weighted by atomic mass is 10.1. The number of likely N-dealkylation sites (N-methyl/N-ethyl adjacent to an activating group) is 1. The van der Waals surface area contributed by atoms with Crippen LogP contribution in [0.1, 0.15) is 12.0 Å². The minimum Gasteiger partial charge on any atom is -0.486 e. The third kappa shape index (κ3) is 2.96. The summed E-state index contributed by atoms with van der Waals surface area (Å²) in [5.41, 5.74) is 0.597. The first-order valence-corrected chi connectivity index (χ1v) is 5.88. The van der Waals surface area contributed by atoms with E-state index in [1.807, 2.05) is 7.05 Å². The van der Waals surface area contributed by atoms with E-state index < -0.39 is 0 Å². The van der Waals surface area contributed by atoms with Gasteiger partial charge < -0.3 is 14.8 Å². The first-order chi connectivity index (χ1) is 8.20. The van der Waals surface area contributed by atoms with E-state index in [1.165, 1.54) is 6.07 Å². The minimum absolute atomic E-state index is 0.0152. The van der Waals surface area contributed by atoms with Crippen molar-refractivity contribution < 1.29 is 13.9 Å². The maximum absolute atomic E-state index is 13.1. The Bertz CT molecular complexity index is 384. The Morgan fingerprint density at radius 3 is 3.00 bits per heavy atom. The fourth-order valence-electron chi connectivity index (χ4n) is 2.02. The normalized spacial score (nSPS) is 24.6. The summed E-state index contributed by atoms with van der Waals surface area (Å²) in [6.07, 6.45) is 0.917. The topological polar surface area (TPSA) is 30.5 Å². The van der Waals surface area contributed by atoms with Crippen molar-refractivity contribution in [1.82, 2.24) is 5.32 Å². The zero-order chi connectivity index (χ0) is 12.3. The Morgan fingerprint density at radius 1 is 1.47 bits per heavy atom. The van der Waals surface area contributed by atoms with Crippen molar-refractivity contribution in [2.24, 2.45) is 0 Å². The van der Waals surface area contributed by atoms with Crippen molar-refractivity contribution in [1.29, 1.82) is 0 Å². The first kappa shape index (κ1) is 12.3. The predicted molar refractivity (Wildman–Crippen MR) is 63.8 cm³/mol. The lowest BCUT2D eigenvalue weighted by molar-refractivity contribution is -0.0129. The van der Waals surface area contributed by atoms with E-state index in [0.29, 0.717) is 17.9 Å². The van der Waals surface area contributed by atoms with Gasteiger partial charge in [0.15, 0.2) is 0 Å². The molecule has 0 aromatic heterocycles. The fourth-order valence-corrected chi connectivity index (χ4v) is 2.02. The van der Waals surface area contributed by atoms with Crippen molar-refractivity contribution in [3.05, 3.63) is 29.6 Å². The number of nitrogens with one attached hydrogen (secondary N) is 1. The largest absolute Gasteiger partial charge is 0.486 e. The van der Waals surface area contributed by atoms with Gasteiger partial charge in [-0.05, 0) is 44.2 Å². The molecule has 2 rings (SSSR count). The highest BCUT2D eigenvalue weighted by atomic mass is 19.1. The maximum Gasteiger partial charge on any atom is 0.137 e. The average molecular weight is 239 g/mol. The van der Waals surface area contributed by atoms with E-state index >= 15 is 0 Å². The quantitative estimate of drug-likeness (QED) is 0.873. The van der Waals surface area contributed by atoms with Crippen LogP contribution in [0.15, 0.2) is 18.2 Å². The molecule has 1 aromatic rings. The lowest BCUT2D eigenvalue weighted by Gasteiger charge is -2.31. The summed E-state index contributed by atoms with van der Waals surface area (Å²) in [4.78, 5) is 0. The molecule has 0 bridgehead atoms. The highest BCUT2D eigenvalue weighted by molar-refractivity contribution is 5.29. The van der Waals surface area contributed by atoms with Crippen LogP contribution in [0.5, 0.6) is 5.75 Å². The van der Waals surface area contributed by atoms with E-state index in [1.54, 1.807) is 19.1 Å². The standard InChI is InChI=1S/C13H18FNO2/c1-9-7-10(3-4-11(9)14)17-13-8-16-6-5-12(13)15-2/h3-4,7,12-13,15H,5-6,8H2,1-2H3. The van der Waals surface area contributed by atoms with Gasteiger partial charge in [-0.1, -0.05) is 0 Å². The minimum atomic E-state index is -0.206. The van der Waals surface area contributed by atoms with Crippen LogP contribution >= 0.6 is 0 Å². The number of ether oxygens (including phenoxy) is 2. The van der Waals surface area contributed by atoms with Crippen LogP contribution in [0, 0.1) is 12.7 Å². The summed E-state index contributed by atoms with van der Waals surface area (Å²) < 4.78 is 24.4. The van der Waals surface area contributed by atoms with Gasteiger partial charge in [0.1, 0.15) is 17.7 Å². The van der Waals surface area contributed by atoms with Gasteiger partial charge in [-0.3, -0.25) is 0 Å². The summed E-state index contributed by atoms with van der Waals surface area (Å²) in [5.74, 6) is 0.488. The summed E-state index contributed by atoms with van der Waals surface area (Å²) in [5, 5.41) is 3.22. The molecule has 4 heteroatoms. The Hall–Kier alpha value is -1.13. The second-order valence-electron chi connectivity index (χ2n) is 4.33. The van der Waals surface area contributed by atoms with Crippen molar-refractivity contribution in [2.45, 2.75) is 25.5 Å². The molecule has 94 valence electrons. The highest BCUT2D eigenvalue weighted by Crippen LogP contribution is 2.20. The Balaban J connectivity index is 2.05. The predicted octanol–water partition coefficient (Wildman–Crippen LogP) is 1.89. The van der Waals surface area contributed by atoms with Crippen molar-refractivity contribution in [2.75, 3.05) is 20.3 Å². The first-order valence-electron chi connectivity index (χ1n) is 5.88. The molecule has 1 aliphatic heterocycles. The number of hydrogen-bond acceptors (Lipinski definition) is 3. The van der Waals surface area contributed by atoms with Gasteiger partial charge in [-0.15, -0.1) is 0 Å². The van der Waals surface area contributed by atoms with Crippen LogP contribution < -0.4 is 10.1 Å². The van der Waals surface area contributed by atoms with E-state index in [9.17, 15) is 4.39 Å². The fraction of sp³-hybridized carbons (Fsp3) is 0.538. The van der Waals surface area contributed by atoms with Crippen LogP contribution in [0.3, 0.4) is 0 Å². The third-order valence-electron chi connectivity index (χ3n) is 3.09. The van der Waals surface area contributed by atoms with Gasteiger partial charge in [0.25, 0.3) is 0 Å². The highest BCUT2D eigenvalue weighted by Gasteiger charge is 2.26. The maximum atomic E-state index is 13.1. The van der Waals surface area contributed by atoms with Crippen LogP contribution in [-0.2, 0) is 4.74 Å². The van der Waals surface area contributed by atoms with Crippen molar-refractivity contribution in [3.63, 3.8) is 0 Å². The number of aryl methyl sites for hydroxylation is 1. The molecule has 1 aliphatic rings. The summed E-state index contributed by atoms with van der Waals surface area (Å²) in [6.45, 7) is 3.06. The van der Waals surface area contributed by atoms with Crippen LogP contribution in [-0.4, -0.2) is 32.4 Å².